The normalized spacial score (nSPS) is 10.2. The predicted molar refractivity (Wildman–Crippen MR) is 65.7 cm³/mol. The van der Waals surface area contributed by atoms with E-state index in [0.717, 1.165) is 0 Å². The number of nitrogens with one attached hydrogen (secondary N) is 2. The van der Waals surface area contributed by atoms with E-state index in [-0.39, 0.29) is 17.1 Å². The van der Waals surface area contributed by atoms with Crippen molar-refractivity contribution in [3.05, 3.63) is 39.9 Å². The number of aromatic amines is 1. The number of rotatable bonds is 3. The first-order chi connectivity index (χ1) is 8.97. The standard InChI is InChI=1S/C11H10N4O4/c1-5-9(13-11(19)15-14-5)12-6-2-3-8(16)7(4-6)10(17)18/h2-4,16H,1H3,(H,17,18)(H2,12,13,15,19). The van der Waals surface area contributed by atoms with Crippen LogP contribution in [0.15, 0.2) is 23.0 Å². The van der Waals surface area contributed by atoms with Gasteiger partial charge in [-0.25, -0.2) is 14.7 Å². The number of phenols is 1. The van der Waals surface area contributed by atoms with E-state index in [9.17, 15) is 14.7 Å². The number of carboxylic acids is 1. The molecule has 0 fully saturated rings. The van der Waals surface area contributed by atoms with Crippen LogP contribution in [0.1, 0.15) is 16.1 Å². The molecule has 2 aromatic rings. The highest BCUT2D eigenvalue weighted by Crippen LogP contribution is 2.23. The molecule has 8 nitrogen and oxygen atoms in total. The van der Waals surface area contributed by atoms with E-state index < -0.39 is 11.7 Å². The summed E-state index contributed by atoms with van der Waals surface area (Å²) in [6, 6.07) is 3.94. The monoisotopic (exact) mass is 262 g/mol. The van der Waals surface area contributed by atoms with Crippen molar-refractivity contribution in [2.24, 2.45) is 0 Å². The average molecular weight is 262 g/mol. The molecular formula is C11H10N4O4. The van der Waals surface area contributed by atoms with Crippen LogP contribution in [0.4, 0.5) is 11.5 Å². The Labute approximate surface area is 106 Å². The molecule has 1 aromatic carbocycles. The van der Waals surface area contributed by atoms with Gasteiger partial charge >= 0.3 is 11.7 Å². The minimum atomic E-state index is -1.25. The quantitative estimate of drug-likeness (QED) is 0.597. The van der Waals surface area contributed by atoms with Crippen LogP contribution in [-0.4, -0.2) is 31.4 Å². The number of aryl methyl sites for hydroxylation is 1. The molecule has 0 radical (unpaired) electrons. The first kappa shape index (κ1) is 12.6. The molecule has 0 saturated carbocycles. The number of benzene rings is 1. The van der Waals surface area contributed by atoms with Crippen molar-refractivity contribution in [1.82, 2.24) is 15.2 Å². The van der Waals surface area contributed by atoms with E-state index in [0.29, 0.717) is 11.4 Å². The maximum absolute atomic E-state index is 11.1. The van der Waals surface area contributed by atoms with Gasteiger partial charge in [-0.3, -0.25) is 0 Å². The summed E-state index contributed by atoms with van der Waals surface area (Å²) in [5, 5.41) is 26.9. The van der Waals surface area contributed by atoms with Crippen molar-refractivity contribution in [3.8, 4) is 5.75 Å². The third kappa shape index (κ3) is 2.68. The van der Waals surface area contributed by atoms with Gasteiger partial charge in [0.05, 0.1) is 0 Å². The summed E-state index contributed by atoms with van der Waals surface area (Å²) in [5.74, 6) is -1.38. The van der Waals surface area contributed by atoms with E-state index in [1.807, 2.05) is 0 Å². The Kier molecular flexibility index (Phi) is 3.15. The fourth-order valence-electron chi connectivity index (χ4n) is 1.43. The fourth-order valence-corrected chi connectivity index (χ4v) is 1.43. The van der Waals surface area contributed by atoms with E-state index in [2.05, 4.69) is 20.5 Å². The minimum absolute atomic E-state index is 0.214. The summed E-state index contributed by atoms with van der Waals surface area (Å²) in [4.78, 5) is 25.6. The van der Waals surface area contributed by atoms with Gasteiger partial charge in [0.1, 0.15) is 17.0 Å². The van der Waals surface area contributed by atoms with E-state index >= 15 is 0 Å². The number of aromatic carboxylic acids is 1. The molecular weight excluding hydrogens is 252 g/mol. The minimum Gasteiger partial charge on any atom is -0.507 e. The van der Waals surface area contributed by atoms with Crippen LogP contribution in [0.2, 0.25) is 0 Å². The second kappa shape index (κ2) is 4.77. The molecule has 4 N–H and O–H groups in total. The highest BCUT2D eigenvalue weighted by molar-refractivity contribution is 5.92. The van der Waals surface area contributed by atoms with Gasteiger partial charge in [0.15, 0.2) is 5.82 Å². The molecule has 2 rings (SSSR count). The van der Waals surface area contributed by atoms with E-state index in [1.54, 1.807) is 6.92 Å². The number of aromatic nitrogens is 3. The second-order valence-corrected chi connectivity index (χ2v) is 3.74. The Balaban J connectivity index is 2.38. The Hall–Kier alpha value is -2.90. The number of carbonyl (C=O) groups is 1. The lowest BCUT2D eigenvalue weighted by atomic mass is 10.2. The third-order valence-corrected chi connectivity index (χ3v) is 2.37. The molecule has 19 heavy (non-hydrogen) atoms. The summed E-state index contributed by atoms with van der Waals surface area (Å²) < 4.78 is 0. The van der Waals surface area contributed by atoms with Crippen molar-refractivity contribution in [3.63, 3.8) is 0 Å². The average Bonchev–Trinajstić information content (AvgIpc) is 2.36. The molecule has 0 aliphatic carbocycles. The zero-order valence-electron chi connectivity index (χ0n) is 9.84. The third-order valence-electron chi connectivity index (χ3n) is 2.37. The van der Waals surface area contributed by atoms with E-state index in [1.165, 1.54) is 18.2 Å². The van der Waals surface area contributed by atoms with Crippen LogP contribution < -0.4 is 11.0 Å². The number of aromatic hydroxyl groups is 1. The predicted octanol–water partition coefficient (Wildman–Crippen LogP) is 0.621. The molecule has 0 bridgehead atoms. The van der Waals surface area contributed by atoms with Gasteiger partial charge < -0.3 is 15.5 Å². The summed E-state index contributed by atoms with van der Waals surface area (Å²) in [6.45, 7) is 1.63. The van der Waals surface area contributed by atoms with Crippen LogP contribution in [0.5, 0.6) is 5.75 Å². The summed E-state index contributed by atoms with van der Waals surface area (Å²) >= 11 is 0. The van der Waals surface area contributed by atoms with Crippen LogP contribution >= 0.6 is 0 Å². The smallest absolute Gasteiger partial charge is 0.363 e. The fraction of sp³-hybridized carbons (Fsp3) is 0.0909. The number of carboxylic acid groups (broad SMARTS) is 1. The van der Waals surface area contributed by atoms with Crippen molar-refractivity contribution >= 4 is 17.5 Å². The summed E-state index contributed by atoms with van der Waals surface area (Å²) in [6.07, 6.45) is 0. The highest BCUT2D eigenvalue weighted by atomic mass is 16.4. The maximum atomic E-state index is 11.1. The molecule has 0 aliphatic rings. The molecule has 0 aliphatic heterocycles. The first-order valence-corrected chi connectivity index (χ1v) is 5.24. The molecule has 0 unspecified atom stereocenters. The Morgan fingerprint density at radius 3 is 2.84 bits per heavy atom. The molecule has 0 amide bonds. The van der Waals surface area contributed by atoms with Gasteiger partial charge in [0.2, 0.25) is 0 Å². The van der Waals surface area contributed by atoms with Gasteiger partial charge in [0.25, 0.3) is 0 Å². The molecule has 98 valence electrons. The lowest BCUT2D eigenvalue weighted by molar-refractivity contribution is 0.0694. The SMILES string of the molecule is Cc1n[nH]c(=O)nc1Nc1ccc(O)c(C(=O)O)c1. The highest BCUT2D eigenvalue weighted by Gasteiger charge is 2.11. The number of hydrogen-bond donors (Lipinski definition) is 4. The molecule has 0 saturated heterocycles. The Morgan fingerprint density at radius 1 is 1.42 bits per heavy atom. The number of H-pyrrole nitrogens is 1. The topological polar surface area (TPSA) is 128 Å². The van der Waals surface area contributed by atoms with Gasteiger partial charge in [-0.05, 0) is 25.1 Å². The van der Waals surface area contributed by atoms with Crippen LogP contribution in [0.3, 0.4) is 0 Å². The zero-order valence-corrected chi connectivity index (χ0v) is 9.84. The zero-order chi connectivity index (χ0) is 14.0. The van der Waals surface area contributed by atoms with Crippen LogP contribution in [-0.2, 0) is 0 Å². The number of anilines is 2. The van der Waals surface area contributed by atoms with Gasteiger partial charge in [-0.1, -0.05) is 0 Å². The van der Waals surface area contributed by atoms with Crippen LogP contribution in [0.25, 0.3) is 0 Å². The number of nitrogens with zero attached hydrogens (tertiary/aromatic N) is 2. The summed E-state index contributed by atoms with van der Waals surface area (Å²) in [5.41, 5.74) is -0.0476. The van der Waals surface area contributed by atoms with Crippen molar-refractivity contribution in [2.75, 3.05) is 5.32 Å². The molecule has 0 spiro atoms. The molecule has 8 heteroatoms. The molecule has 1 aromatic heterocycles. The van der Waals surface area contributed by atoms with Gasteiger partial charge in [-0.2, -0.15) is 10.1 Å². The maximum Gasteiger partial charge on any atom is 0.363 e. The molecule has 1 heterocycles. The lowest BCUT2D eigenvalue weighted by Crippen LogP contribution is -2.15. The largest absolute Gasteiger partial charge is 0.507 e. The molecule has 0 atom stereocenters. The Morgan fingerprint density at radius 2 is 2.16 bits per heavy atom. The summed E-state index contributed by atoms with van der Waals surface area (Å²) in [7, 11) is 0. The number of hydrogen-bond acceptors (Lipinski definition) is 6. The van der Waals surface area contributed by atoms with E-state index in [4.69, 9.17) is 5.11 Å². The van der Waals surface area contributed by atoms with Gasteiger partial charge in [0, 0.05) is 5.69 Å². The van der Waals surface area contributed by atoms with Crippen molar-refractivity contribution in [2.45, 2.75) is 6.92 Å². The van der Waals surface area contributed by atoms with Gasteiger partial charge in [-0.15, -0.1) is 0 Å². The Bertz CT molecular complexity index is 695. The lowest BCUT2D eigenvalue weighted by Gasteiger charge is -2.08. The van der Waals surface area contributed by atoms with Crippen molar-refractivity contribution in [1.29, 1.82) is 0 Å². The van der Waals surface area contributed by atoms with Crippen LogP contribution in [0, 0.1) is 6.92 Å². The van der Waals surface area contributed by atoms with Crippen molar-refractivity contribution < 1.29 is 15.0 Å². The second-order valence-electron chi connectivity index (χ2n) is 3.74. The first-order valence-electron chi connectivity index (χ1n) is 5.24.